The Balaban J connectivity index is 0.00000338. The Bertz CT molecular complexity index is 677. The molecule has 0 radical (unpaired) electrons. The Kier molecular flexibility index (Phi) is 8.11. The monoisotopic (exact) mass is 379 g/mol. The molecule has 2 rings (SSSR count). The van der Waals surface area contributed by atoms with Crippen LogP contribution in [-0.4, -0.2) is 5.54 Å². The molecule has 0 amide bonds. The number of ether oxygens (including phenoxy) is 1. The first-order valence-electron chi connectivity index (χ1n) is 8.85. The molecule has 144 valence electrons. The van der Waals surface area contributed by atoms with Crippen molar-refractivity contribution in [3.8, 4) is 5.75 Å². The van der Waals surface area contributed by atoms with E-state index in [4.69, 9.17) is 4.74 Å². The van der Waals surface area contributed by atoms with E-state index in [1.165, 1.54) is 12.1 Å². The van der Waals surface area contributed by atoms with Crippen LogP contribution in [0.1, 0.15) is 52.2 Å². The molecule has 1 N–H and O–H groups in total. The fraction of sp³-hybridized carbons (Fsp3) is 0.455. The van der Waals surface area contributed by atoms with Crippen LogP contribution in [0.4, 0.5) is 4.39 Å². The molecule has 0 aromatic heterocycles. The highest BCUT2D eigenvalue weighted by molar-refractivity contribution is 5.85. The molecule has 0 aliphatic heterocycles. The molecule has 0 saturated carbocycles. The molecule has 0 bridgehead atoms. The van der Waals surface area contributed by atoms with Gasteiger partial charge < -0.3 is 10.1 Å². The summed E-state index contributed by atoms with van der Waals surface area (Å²) in [7, 11) is 0. The van der Waals surface area contributed by atoms with Gasteiger partial charge in [-0.15, -0.1) is 12.4 Å². The second-order valence-corrected chi connectivity index (χ2v) is 8.50. The second-order valence-electron chi connectivity index (χ2n) is 8.50. The van der Waals surface area contributed by atoms with Crippen LogP contribution in [0.3, 0.4) is 0 Å². The normalized spacial score (nSPS) is 11.8. The Labute approximate surface area is 163 Å². The number of halogens is 2. The topological polar surface area (TPSA) is 21.3 Å². The summed E-state index contributed by atoms with van der Waals surface area (Å²) in [5.74, 6) is 0.639. The molecule has 4 heteroatoms. The first-order valence-corrected chi connectivity index (χ1v) is 8.85. The van der Waals surface area contributed by atoms with E-state index in [1.807, 2.05) is 18.2 Å². The van der Waals surface area contributed by atoms with Gasteiger partial charge in [-0.05, 0) is 49.4 Å². The Morgan fingerprint density at radius 2 is 1.54 bits per heavy atom. The van der Waals surface area contributed by atoms with Gasteiger partial charge in [0, 0.05) is 17.6 Å². The minimum absolute atomic E-state index is 0. The minimum atomic E-state index is -0.227. The van der Waals surface area contributed by atoms with Crippen molar-refractivity contribution in [2.75, 3.05) is 0 Å². The average molecular weight is 380 g/mol. The summed E-state index contributed by atoms with van der Waals surface area (Å²) >= 11 is 0. The van der Waals surface area contributed by atoms with Gasteiger partial charge in [-0.3, -0.25) is 0 Å². The molecule has 0 saturated heterocycles. The highest BCUT2D eigenvalue weighted by atomic mass is 35.5. The van der Waals surface area contributed by atoms with Crippen molar-refractivity contribution in [2.45, 2.75) is 59.7 Å². The average Bonchev–Trinajstić information content (AvgIpc) is 2.51. The number of nitrogens with one attached hydrogen (secondary N) is 1. The van der Waals surface area contributed by atoms with Crippen molar-refractivity contribution in [3.05, 3.63) is 65.5 Å². The highest BCUT2D eigenvalue weighted by Gasteiger charge is 2.25. The van der Waals surface area contributed by atoms with Crippen molar-refractivity contribution >= 4 is 12.4 Å². The van der Waals surface area contributed by atoms with Crippen LogP contribution in [-0.2, 0) is 13.2 Å². The van der Waals surface area contributed by atoms with Crippen LogP contribution < -0.4 is 10.1 Å². The maximum atomic E-state index is 13.0. The third kappa shape index (κ3) is 7.76. The molecule has 0 heterocycles. The Morgan fingerprint density at radius 3 is 2.15 bits per heavy atom. The summed E-state index contributed by atoms with van der Waals surface area (Å²) in [5.41, 5.74) is 2.40. The fourth-order valence-electron chi connectivity index (χ4n) is 3.26. The van der Waals surface area contributed by atoms with Gasteiger partial charge in [0.2, 0.25) is 0 Å². The van der Waals surface area contributed by atoms with Gasteiger partial charge in [-0.1, -0.05) is 51.1 Å². The standard InChI is InChI=1S/C22H30FNO.ClH/c1-21(2,3)16-22(4,5)24-14-18-8-6-7-9-20(18)25-15-17-10-12-19(23)13-11-17;/h6-13,24H,14-16H2,1-5H3;1H. The summed E-state index contributed by atoms with van der Waals surface area (Å²) in [6.07, 6.45) is 1.08. The summed E-state index contributed by atoms with van der Waals surface area (Å²) in [4.78, 5) is 0. The van der Waals surface area contributed by atoms with E-state index >= 15 is 0 Å². The zero-order valence-electron chi connectivity index (χ0n) is 16.4. The molecular formula is C22H31ClFNO. The fourth-order valence-corrected chi connectivity index (χ4v) is 3.26. The largest absolute Gasteiger partial charge is 0.489 e. The molecule has 0 aliphatic carbocycles. The van der Waals surface area contributed by atoms with Crippen molar-refractivity contribution in [2.24, 2.45) is 5.41 Å². The predicted molar refractivity (Wildman–Crippen MR) is 109 cm³/mol. The molecule has 0 unspecified atom stereocenters. The zero-order valence-corrected chi connectivity index (χ0v) is 17.3. The van der Waals surface area contributed by atoms with E-state index in [0.29, 0.717) is 6.61 Å². The van der Waals surface area contributed by atoms with E-state index in [0.717, 1.165) is 29.8 Å². The number of hydrogen-bond donors (Lipinski definition) is 1. The number of para-hydroxylation sites is 1. The van der Waals surface area contributed by atoms with Gasteiger partial charge in [-0.2, -0.15) is 0 Å². The van der Waals surface area contributed by atoms with E-state index in [2.05, 4.69) is 46.0 Å². The maximum absolute atomic E-state index is 13.0. The van der Waals surface area contributed by atoms with Gasteiger partial charge in [0.15, 0.2) is 0 Å². The third-order valence-corrected chi connectivity index (χ3v) is 4.01. The van der Waals surface area contributed by atoms with E-state index < -0.39 is 0 Å². The number of hydrogen-bond acceptors (Lipinski definition) is 2. The van der Waals surface area contributed by atoms with Crippen LogP contribution in [0.2, 0.25) is 0 Å². The molecule has 2 aromatic rings. The van der Waals surface area contributed by atoms with Crippen LogP contribution in [0, 0.1) is 11.2 Å². The molecule has 0 fully saturated rings. The molecule has 2 nitrogen and oxygen atoms in total. The smallest absolute Gasteiger partial charge is 0.124 e. The number of rotatable bonds is 7. The lowest BCUT2D eigenvalue weighted by Gasteiger charge is -2.33. The van der Waals surface area contributed by atoms with Crippen LogP contribution >= 0.6 is 12.4 Å². The first kappa shape index (κ1) is 22.5. The van der Waals surface area contributed by atoms with Crippen molar-refractivity contribution in [3.63, 3.8) is 0 Å². The molecule has 2 aromatic carbocycles. The maximum Gasteiger partial charge on any atom is 0.124 e. The van der Waals surface area contributed by atoms with Crippen LogP contribution in [0.25, 0.3) is 0 Å². The van der Waals surface area contributed by atoms with Crippen LogP contribution in [0.15, 0.2) is 48.5 Å². The molecule has 0 atom stereocenters. The SMILES string of the molecule is CC(C)(C)CC(C)(C)NCc1ccccc1OCc1ccc(F)cc1.Cl. The van der Waals surface area contributed by atoms with Gasteiger partial charge >= 0.3 is 0 Å². The van der Waals surface area contributed by atoms with Crippen molar-refractivity contribution in [1.29, 1.82) is 0 Å². The lowest BCUT2D eigenvalue weighted by Crippen LogP contribution is -2.41. The highest BCUT2D eigenvalue weighted by Crippen LogP contribution is 2.28. The third-order valence-electron chi connectivity index (χ3n) is 4.01. The predicted octanol–water partition coefficient (Wildman–Crippen LogP) is 6.13. The van der Waals surface area contributed by atoms with Gasteiger partial charge in [-0.25, -0.2) is 4.39 Å². The van der Waals surface area contributed by atoms with Gasteiger partial charge in [0.1, 0.15) is 18.2 Å². The molecule has 26 heavy (non-hydrogen) atoms. The summed E-state index contributed by atoms with van der Waals surface area (Å²) in [6.45, 7) is 12.4. The van der Waals surface area contributed by atoms with Gasteiger partial charge in [0.25, 0.3) is 0 Å². The lowest BCUT2D eigenvalue weighted by atomic mass is 9.82. The summed E-state index contributed by atoms with van der Waals surface area (Å²) in [5, 5.41) is 3.65. The minimum Gasteiger partial charge on any atom is -0.489 e. The Hall–Kier alpha value is -1.58. The van der Waals surface area contributed by atoms with Crippen molar-refractivity contribution < 1.29 is 9.13 Å². The molecule has 0 aliphatic rings. The molecule has 0 spiro atoms. The quantitative estimate of drug-likeness (QED) is 0.624. The van der Waals surface area contributed by atoms with Gasteiger partial charge in [0.05, 0.1) is 0 Å². The van der Waals surface area contributed by atoms with Crippen LogP contribution in [0.5, 0.6) is 5.75 Å². The Morgan fingerprint density at radius 1 is 0.923 bits per heavy atom. The van der Waals surface area contributed by atoms with Crippen molar-refractivity contribution in [1.82, 2.24) is 5.32 Å². The van der Waals surface area contributed by atoms with E-state index in [9.17, 15) is 4.39 Å². The van der Waals surface area contributed by atoms with E-state index in [-0.39, 0.29) is 29.2 Å². The summed E-state index contributed by atoms with van der Waals surface area (Å²) < 4.78 is 19.0. The van der Waals surface area contributed by atoms with E-state index in [1.54, 1.807) is 12.1 Å². The first-order chi connectivity index (χ1) is 11.6. The second kappa shape index (κ2) is 9.38. The molecular weight excluding hydrogens is 349 g/mol. The zero-order chi connectivity index (χ0) is 18.5. The number of benzene rings is 2. The summed E-state index contributed by atoms with van der Waals surface area (Å²) in [6, 6.07) is 14.5. The lowest BCUT2D eigenvalue weighted by molar-refractivity contribution is 0.238.